The summed E-state index contributed by atoms with van der Waals surface area (Å²) in [5, 5.41) is 6.02. The molecule has 2 N–H and O–H groups in total. The monoisotopic (exact) mass is 559 g/mol. The van der Waals surface area contributed by atoms with Crippen LogP contribution in [0.15, 0.2) is 79.1 Å². The zero-order valence-corrected chi connectivity index (χ0v) is 21.9. The van der Waals surface area contributed by atoms with E-state index in [9.17, 15) is 13.6 Å². The first kappa shape index (κ1) is 25.7. The topological polar surface area (TPSA) is 88.0 Å². The highest BCUT2D eigenvalue weighted by atomic mass is 35.5. The van der Waals surface area contributed by atoms with Crippen molar-refractivity contribution < 1.29 is 13.6 Å². The summed E-state index contributed by atoms with van der Waals surface area (Å²) in [6.07, 6.45) is 2.81. The summed E-state index contributed by atoms with van der Waals surface area (Å²) in [7, 11) is 0. The van der Waals surface area contributed by atoms with Gasteiger partial charge in [0.25, 0.3) is 0 Å². The minimum atomic E-state index is -0.489. The van der Waals surface area contributed by atoms with Crippen molar-refractivity contribution in [3.05, 3.63) is 95.8 Å². The van der Waals surface area contributed by atoms with Gasteiger partial charge in [-0.25, -0.2) is 28.5 Å². The lowest BCUT2D eigenvalue weighted by atomic mass is 10.1. The van der Waals surface area contributed by atoms with Gasteiger partial charge in [0.15, 0.2) is 17.0 Å². The van der Waals surface area contributed by atoms with E-state index in [4.69, 9.17) is 16.6 Å². The van der Waals surface area contributed by atoms with Gasteiger partial charge in [-0.15, -0.1) is 0 Å². The Hall–Kier alpha value is -4.57. The first-order valence-corrected chi connectivity index (χ1v) is 13.2. The first-order chi connectivity index (χ1) is 19.5. The molecule has 1 aliphatic rings. The molecule has 0 aliphatic carbocycles. The van der Waals surface area contributed by atoms with Gasteiger partial charge in [-0.05, 0) is 61.4 Å². The minimum absolute atomic E-state index is 0.0872. The molecule has 1 fully saturated rings. The van der Waals surface area contributed by atoms with Crippen molar-refractivity contribution in [3.63, 3.8) is 0 Å². The number of amides is 2. The highest BCUT2D eigenvalue weighted by molar-refractivity contribution is 6.33. The molecule has 6 rings (SSSR count). The maximum atomic E-state index is 13.9. The van der Waals surface area contributed by atoms with Crippen molar-refractivity contribution in [2.24, 2.45) is 0 Å². The van der Waals surface area contributed by atoms with Gasteiger partial charge >= 0.3 is 6.03 Å². The number of hydrogen-bond donors (Lipinski definition) is 2. The van der Waals surface area contributed by atoms with Crippen molar-refractivity contribution in [3.8, 4) is 17.1 Å². The summed E-state index contributed by atoms with van der Waals surface area (Å²) in [5.74, 6) is 0.391. The normalized spacial score (nSPS) is 13.9. The van der Waals surface area contributed by atoms with Crippen molar-refractivity contribution in [2.45, 2.75) is 18.9 Å². The Balaban J connectivity index is 1.27. The lowest BCUT2D eigenvalue weighted by Gasteiger charge is -2.33. The Morgan fingerprint density at radius 1 is 0.925 bits per heavy atom. The molecule has 0 radical (unpaired) electrons. The summed E-state index contributed by atoms with van der Waals surface area (Å²) >= 11 is 6.56. The molecule has 0 unspecified atom stereocenters. The van der Waals surface area contributed by atoms with Gasteiger partial charge in [0.2, 0.25) is 0 Å². The predicted octanol–water partition coefficient (Wildman–Crippen LogP) is 6.20. The van der Waals surface area contributed by atoms with Crippen LogP contribution in [0.4, 0.5) is 25.1 Å². The number of halogens is 3. The molecule has 0 spiro atoms. The molecule has 0 atom stereocenters. The lowest BCUT2D eigenvalue weighted by Crippen LogP contribution is -2.46. The van der Waals surface area contributed by atoms with E-state index < -0.39 is 11.8 Å². The molecule has 11 heteroatoms. The second-order valence-electron chi connectivity index (χ2n) is 9.44. The largest absolute Gasteiger partial charge is 0.355 e. The predicted molar refractivity (Wildman–Crippen MR) is 151 cm³/mol. The number of hydrogen-bond acceptors (Lipinski definition) is 5. The second-order valence-corrected chi connectivity index (χ2v) is 9.84. The molecule has 3 heterocycles. The van der Waals surface area contributed by atoms with Crippen molar-refractivity contribution >= 4 is 40.3 Å². The summed E-state index contributed by atoms with van der Waals surface area (Å²) in [6, 6.07) is 19.0. The SMILES string of the molecule is O=C(Nc1ccccc1F)NC1CCN(c2ncnc3c2nc(-c2ccccc2Cl)n3-c2ccc(F)cc2)CC1. The number of carbonyl (C=O) groups is 1. The molecule has 8 nitrogen and oxygen atoms in total. The van der Waals surface area contributed by atoms with Crippen LogP contribution in [-0.4, -0.2) is 44.7 Å². The lowest BCUT2D eigenvalue weighted by molar-refractivity contribution is 0.246. The second kappa shape index (κ2) is 10.9. The quantitative estimate of drug-likeness (QED) is 0.267. The van der Waals surface area contributed by atoms with Gasteiger partial charge < -0.3 is 15.5 Å². The van der Waals surface area contributed by atoms with Gasteiger partial charge in [-0.2, -0.15) is 0 Å². The molecule has 2 aromatic heterocycles. The number of piperidine rings is 1. The fourth-order valence-electron chi connectivity index (χ4n) is 4.91. The number of carbonyl (C=O) groups excluding carboxylic acids is 1. The number of para-hydroxylation sites is 1. The van der Waals surface area contributed by atoms with E-state index in [1.165, 1.54) is 30.6 Å². The number of benzene rings is 3. The average molecular weight is 560 g/mol. The Labute approximate surface area is 233 Å². The fraction of sp³-hybridized carbons (Fsp3) is 0.172. The maximum Gasteiger partial charge on any atom is 0.319 e. The smallest absolute Gasteiger partial charge is 0.319 e. The molecular formula is C29H24ClF2N7O. The minimum Gasteiger partial charge on any atom is -0.355 e. The number of urea groups is 1. The van der Waals surface area contributed by atoms with Crippen LogP contribution in [0.25, 0.3) is 28.2 Å². The molecule has 5 aromatic rings. The van der Waals surface area contributed by atoms with Gasteiger partial charge in [-0.1, -0.05) is 35.9 Å². The number of rotatable bonds is 5. The number of fused-ring (bicyclic) bond motifs is 1. The summed E-state index contributed by atoms with van der Waals surface area (Å²) in [4.78, 5) is 28.6. The van der Waals surface area contributed by atoms with Crippen LogP contribution >= 0.6 is 11.6 Å². The Morgan fingerprint density at radius 2 is 1.65 bits per heavy atom. The molecule has 0 saturated carbocycles. The van der Waals surface area contributed by atoms with Crippen LogP contribution in [-0.2, 0) is 0 Å². The molecule has 0 bridgehead atoms. The number of aromatic nitrogens is 4. The van der Waals surface area contributed by atoms with E-state index >= 15 is 0 Å². The van der Waals surface area contributed by atoms with Gasteiger partial charge in [0.1, 0.15) is 23.8 Å². The van der Waals surface area contributed by atoms with Crippen LogP contribution in [0, 0.1) is 11.6 Å². The molecule has 40 heavy (non-hydrogen) atoms. The van der Waals surface area contributed by atoms with E-state index in [2.05, 4.69) is 25.5 Å². The Morgan fingerprint density at radius 3 is 2.40 bits per heavy atom. The van der Waals surface area contributed by atoms with Crippen molar-refractivity contribution in [2.75, 3.05) is 23.3 Å². The Bertz CT molecular complexity index is 1680. The molecular weight excluding hydrogens is 536 g/mol. The van der Waals surface area contributed by atoms with Crippen LogP contribution in [0.1, 0.15) is 12.8 Å². The third-order valence-electron chi connectivity index (χ3n) is 6.88. The summed E-state index contributed by atoms with van der Waals surface area (Å²) in [6.45, 7) is 1.23. The van der Waals surface area contributed by atoms with Crippen molar-refractivity contribution in [1.82, 2.24) is 24.8 Å². The van der Waals surface area contributed by atoms with E-state index in [1.807, 2.05) is 22.8 Å². The van der Waals surface area contributed by atoms with E-state index in [-0.39, 0.29) is 17.5 Å². The average Bonchev–Trinajstić information content (AvgIpc) is 3.35. The van der Waals surface area contributed by atoms with Crippen LogP contribution < -0.4 is 15.5 Å². The molecule has 3 aromatic carbocycles. The van der Waals surface area contributed by atoms with Crippen LogP contribution in [0.3, 0.4) is 0 Å². The van der Waals surface area contributed by atoms with Crippen molar-refractivity contribution in [1.29, 1.82) is 0 Å². The van der Waals surface area contributed by atoms with E-state index in [0.717, 1.165) is 0 Å². The first-order valence-electron chi connectivity index (χ1n) is 12.8. The molecule has 2 amide bonds. The highest BCUT2D eigenvalue weighted by Crippen LogP contribution is 2.35. The number of anilines is 2. The maximum absolute atomic E-state index is 13.9. The van der Waals surface area contributed by atoms with E-state index in [0.29, 0.717) is 65.0 Å². The third-order valence-corrected chi connectivity index (χ3v) is 7.21. The number of nitrogens with one attached hydrogen (secondary N) is 2. The number of nitrogens with zero attached hydrogens (tertiary/aromatic N) is 5. The van der Waals surface area contributed by atoms with Crippen LogP contribution in [0.2, 0.25) is 5.02 Å². The zero-order valence-electron chi connectivity index (χ0n) is 21.2. The van der Waals surface area contributed by atoms with Crippen LogP contribution in [0.5, 0.6) is 0 Å². The van der Waals surface area contributed by atoms with Gasteiger partial charge in [0, 0.05) is 30.4 Å². The zero-order chi connectivity index (χ0) is 27.6. The molecule has 1 saturated heterocycles. The summed E-state index contributed by atoms with van der Waals surface area (Å²) in [5.41, 5.74) is 2.68. The third kappa shape index (κ3) is 5.05. The number of imidazole rings is 1. The fourth-order valence-corrected chi connectivity index (χ4v) is 5.13. The summed E-state index contributed by atoms with van der Waals surface area (Å²) < 4.78 is 29.5. The molecule has 1 aliphatic heterocycles. The highest BCUT2D eigenvalue weighted by Gasteiger charge is 2.26. The van der Waals surface area contributed by atoms with Gasteiger partial charge in [0.05, 0.1) is 10.7 Å². The van der Waals surface area contributed by atoms with E-state index in [1.54, 1.807) is 30.3 Å². The Kier molecular flexibility index (Phi) is 7.00. The molecule has 202 valence electrons. The van der Waals surface area contributed by atoms with Gasteiger partial charge in [-0.3, -0.25) is 4.57 Å². The standard InChI is InChI=1S/C29H24ClF2N7O/c30-22-6-2-1-5-21(22)26-37-25-27(33-17-34-28(25)39(26)20-11-9-18(31)10-12-20)38-15-13-19(14-16-38)35-29(40)36-24-8-4-3-7-23(24)32/h1-12,17,19H,13-16H2,(H2,35,36,40).